The van der Waals surface area contributed by atoms with Crippen LogP contribution in [0, 0.1) is 10.1 Å². The van der Waals surface area contributed by atoms with Gasteiger partial charge in [0.05, 0.1) is 22.2 Å². The molecule has 0 spiro atoms. The maximum absolute atomic E-state index is 12.4. The molecule has 0 saturated heterocycles. The number of hydrogen-bond donors (Lipinski definition) is 1. The van der Waals surface area contributed by atoms with Gasteiger partial charge in [0.1, 0.15) is 12.3 Å². The smallest absolute Gasteiger partial charge is 0.387 e. The first-order valence-corrected chi connectivity index (χ1v) is 7.82. The van der Waals surface area contributed by atoms with Gasteiger partial charge in [-0.25, -0.2) is 4.98 Å². The summed E-state index contributed by atoms with van der Waals surface area (Å²) < 4.78 is 29.5. The van der Waals surface area contributed by atoms with Gasteiger partial charge in [-0.1, -0.05) is 0 Å². The first kappa shape index (κ1) is 18.9. The summed E-state index contributed by atoms with van der Waals surface area (Å²) in [6, 6.07) is 8.89. The number of ether oxygens (including phenoxy) is 1. The van der Waals surface area contributed by atoms with E-state index in [1.807, 2.05) is 0 Å². The van der Waals surface area contributed by atoms with Crippen molar-refractivity contribution >= 4 is 28.2 Å². The van der Waals surface area contributed by atoms with Crippen molar-refractivity contribution in [3.05, 3.63) is 69.3 Å². The predicted molar refractivity (Wildman–Crippen MR) is 94.4 cm³/mol. The average Bonchev–Trinajstić information content (AvgIpc) is 2.65. The Hall–Kier alpha value is -3.89. The number of amides is 1. The van der Waals surface area contributed by atoms with E-state index < -0.39 is 23.0 Å². The van der Waals surface area contributed by atoms with Crippen molar-refractivity contribution in [1.29, 1.82) is 0 Å². The molecule has 0 aliphatic rings. The molecular weight excluding hydrogens is 378 g/mol. The normalized spacial score (nSPS) is 10.8. The average molecular weight is 390 g/mol. The molecule has 0 fully saturated rings. The number of carbonyl (C=O) groups is 1. The molecule has 144 valence electrons. The van der Waals surface area contributed by atoms with Crippen molar-refractivity contribution in [1.82, 2.24) is 9.55 Å². The number of alkyl halides is 2. The molecule has 1 N–H and O–H groups in total. The molecule has 9 nitrogen and oxygen atoms in total. The molecule has 1 aromatic heterocycles. The van der Waals surface area contributed by atoms with Crippen LogP contribution in [0.1, 0.15) is 0 Å². The van der Waals surface area contributed by atoms with Crippen LogP contribution in [0.5, 0.6) is 5.75 Å². The second kappa shape index (κ2) is 7.78. The number of nitro groups is 1. The fourth-order valence-corrected chi connectivity index (χ4v) is 2.45. The van der Waals surface area contributed by atoms with Gasteiger partial charge >= 0.3 is 6.61 Å². The van der Waals surface area contributed by atoms with Gasteiger partial charge in [0.25, 0.3) is 11.2 Å². The molecule has 0 bridgehead atoms. The minimum atomic E-state index is -2.95. The highest BCUT2D eigenvalue weighted by molar-refractivity contribution is 5.90. The summed E-state index contributed by atoms with van der Waals surface area (Å²) in [5.41, 5.74) is -0.264. The molecule has 0 atom stereocenters. The second-order valence-electron chi connectivity index (χ2n) is 5.59. The molecule has 0 aliphatic carbocycles. The summed E-state index contributed by atoms with van der Waals surface area (Å²) in [7, 11) is 0. The number of fused-ring (bicyclic) bond motifs is 1. The molecule has 3 aromatic rings. The van der Waals surface area contributed by atoms with E-state index in [9.17, 15) is 28.5 Å². The molecule has 1 amide bonds. The molecule has 0 saturated carbocycles. The quantitative estimate of drug-likeness (QED) is 0.511. The van der Waals surface area contributed by atoms with Gasteiger partial charge in [0, 0.05) is 17.8 Å². The highest BCUT2D eigenvalue weighted by Crippen LogP contribution is 2.18. The highest BCUT2D eigenvalue weighted by Gasteiger charge is 2.12. The number of non-ortho nitro benzene ring substituents is 1. The largest absolute Gasteiger partial charge is 0.435 e. The first-order chi connectivity index (χ1) is 13.3. The molecule has 2 aromatic carbocycles. The number of aromatic nitrogens is 2. The van der Waals surface area contributed by atoms with Crippen molar-refractivity contribution in [3.63, 3.8) is 0 Å². The predicted octanol–water partition coefficient (Wildman–Crippen LogP) is 2.54. The lowest BCUT2D eigenvalue weighted by atomic mass is 10.2. The Morgan fingerprint density at radius 3 is 2.61 bits per heavy atom. The van der Waals surface area contributed by atoms with E-state index in [4.69, 9.17) is 0 Å². The van der Waals surface area contributed by atoms with Crippen molar-refractivity contribution in [3.8, 4) is 5.75 Å². The molecular formula is C17H12F2N4O5. The second-order valence-corrected chi connectivity index (χ2v) is 5.59. The van der Waals surface area contributed by atoms with E-state index in [2.05, 4.69) is 15.0 Å². The number of nitro benzene ring substituents is 1. The number of benzene rings is 2. The minimum absolute atomic E-state index is 0.0583. The number of carbonyl (C=O) groups excluding carboxylic acids is 1. The van der Waals surface area contributed by atoms with E-state index in [0.717, 1.165) is 10.9 Å². The first-order valence-electron chi connectivity index (χ1n) is 7.82. The van der Waals surface area contributed by atoms with Crippen LogP contribution in [0.3, 0.4) is 0 Å². The third kappa shape index (κ3) is 4.26. The van der Waals surface area contributed by atoms with Crippen LogP contribution in [0.15, 0.2) is 53.6 Å². The number of anilines is 1. The Kier molecular flexibility index (Phi) is 5.25. The standard InChI is InChI=1S/C17H12F2N4O5/c18-17(19)28-12-4-1-10(2-5-12)21-15(24)8-22-9-20-14-7-11(23(26)27)3-6-13(14)16(22)25/h1-7,9,17H,8H2,(H,21,24). The van der Waals surface area contributed by atoms with Gasteiger partial charge in [-0.3, -0.25) is 24.3 Å². The molecule has 28 heavy (non-hydrogen) atoms. The SMILES string of the molecule is O=C(Cn1cnc2cc([N+](=O)[O-])ccc2c1=O)Nc1ccc(OC(F)F)cc1. The summed E-state index contributed by atoms with van der Waals surface area (Å²) in [6.07, 6.45) is 1.12. The zero-order chi connectivity index (χ0) is 20.3. The molecule has 3 rings (SSSR count). The van der Waals surface area contributed by atoms with Crippen LogP contribution < -0.4 is 15.6 Å². The maximum atomic E-state index is 12.4. The minimum Gasteiger partial charge on any atom is -0.435 e. The highest BCUT2D eigenvalue weighted by atomic mass is 19.3. The lowest BCUT2D eigenvalue weighted by Gasteiger charge is -2.09. The lowest BCUT2D eigenvalue weighted by molar-refractivity contribution is -0.384. The zero-order valence-corrected chi connectivity index (χ0v) is 14.0. The number of halogens is 2. The van der Waals surface area contributed by atoms with Crippen molar-refractivity contribution in [2.75, 3.05) is 5.32 Å². The monoisotopic (exact) mass is 390 g/mol. The van der Waals surface area contributed by atoms with Gasteiger partial charge in [-0.15, -0.1) is 0 Å². The summed E-state index contributed by atoms with van der Waals surface area (Å²) in [5, 5.41) is 13.4. The van der Waals surface area contributed by atoms with Crippen LogP contribution in [0.2, 0.25) is 0 Å². The Bertz CT molecular complexity index is 1100. The number of rotatable bonds is 6. The van der Waals surface area contributed by atoms with E-state index in [1.54, 1.807) is 0 Å². The number of nitrogens with zero attached hydrogens (tertiary/aromatic N) is 3. The van der Waals surface area contributed by atoms with Crippen LogP contribution in [-0.2, 0) is 11.3 Å². The Morgan fingerprint density at radius 1 is 1.25 bits per heavy atom. The Balaban J connectivity index is 1.74. The molecule has 0 unspecified atom stereocenters. The Morgan fingerprint density at radius 2 is 1.96 bits per heavy atom. The van der Waals surface area contributed by atoms with Gasteiger partial charge < -0.3 is 10.1 Å². The zero-order valence-electron chi connectivity index (χ0n) is 14.0. The fraction of sp³-hybridized carbons (Fsp3) is 0.118. The van der Waals surface area contributed by atoms with Crippen LogP contribution in [-0.4, -0.2) is 27.0 Å². The fourth-order valence-electron chi connectivity index (χ4n) is 2.45. The molecule has 0 aliphatic heterocycles. The van der Waals surface area contributed by atoms with Gasteiger partial charge in [-0.2, -0.15) is 8.78 Å². The van der Waals surface area contributed by atoms with E-state index in [0.29, 0.717) is 5.69 Å². The Labute approximate surface area is 155 Å². The summed E-state index contributed by atoms with van der Waals surface area (Å²) >= 11 is 0. The molecule has 1 heterocycles. The van der Waals surface area contributed by atoms with Gasteiger partial charge in [0.15, 0.2) is 0 Å². The van der Waals surface area contributed by atoms with Crippen LogP contribution in [0.4, 0.5) is 20.2 Å². The van der Waals surface area contributed by atoms with Crippen molar-refractivity contribution in [2.24, 2.45) is 0 Å². The van der Waals surface area contributed by atoms with E-state index in [1.165, 1.54) is 42.5 Å². The number of hydrogen-bond acceptors (Lipinski definition) is 6. The topological polar surface area (TPSA) is 116 Å². The van der Waals surface area contributed by atoms with Crippen LogP contribution >= 0.6 is 0 Å². The van der Waals surface area contributed by atoms with E-state index in [-0.39, 0.29) is 28.9 Å². The third-order valence-electron chi connectivity index (χ3n) is 3.70. The summed E-state index contributed by atoms with van der Waals surface area (Å²) in [5.74, 6) is -0.607. The summed E-state index contributed by atoms with van der Waals surface area (Å²) in [6.45, 7) is -3.30. The molecule has 0 radical (unpaired) electrons. The third-order valence-corrected chi connectivity index (χ3v) is 3.70. The number of nitrogens with one attached hydrogen (secondary N) is 1. The summed E-state index contributed by atoms with van der Waals surface area (Å²) in [4.78, 5) is 38.7. The van der Waals surface area contributed by atoms with Crippen molar-refractivity contribution < 1.29 is 23.2 Å². The van der Waals surface area contributed by atoms with Crippen LogP contribution in [0.25, 0.3) is 10.9 Å². The van der Waals surface area contributed by atoms with Gasteiger partial charge in [-0.05, 0) is 30.3 Å². The van der Waals surface area contributed by atoms with Gasteiger partial charge in [0.2, 0.25) is 5.91 Å². The molecule has 11 heteroatoms. The van der Waals surface area contributed by atoms with Crippen molar-refractivity contribution in [2.45, 2.75) is 13.2 Å². The van der Waals surface area contributed by atoms with E-state index >= 15 is 0 Å². The maximum Gasteiger partial charge on any atom is 0.387 e. The lowest BCUT2D eigenvalue weighted by Crippen LogP contribution is -2.27.